The van der Waals surface area contributed by atoms with Gasteiger partial charge in [0.05, 0.1) is 20.6 Å². The zero-order valence-electron chi connectivity index (χ0n) is 23.2. The quantitative estimate of drug-likeness (QED) is 0.226. The van der Waals surface area contributed by atoms with Gasteiger partial charge in [0.15, 0.2) is 0 Å². The molecule has 0 fully saturated rings. The normalized spacial score (nSPS) is 11.9. The van der Waals surface area contributed by atoms with Crippen molar-refractivity contribution in [2.75, 3.05) is 17.9 Å². The molecule has 0 spiro atoms. The number of sulfonamides is 1. The van der Waals surface area contributed by atoms with Crippen LogP contribution >= 0.6 is 23.2 Å². The molecule has 2 amide bonds. The molecule has 42 heavy (non-hydrogen) atoms. The Morgan fingerprint density at radius 2 is 1.45 bits per heavy atom. The third kappa shape index (κ3) is 7.31. The van der Waals surface area contributed by atoms with Crippen LogP contribution in [0.2, 0.25) is 10.0 Å². The van der Waals surface area contributed by atoms with E-state index in [-0.39, 0.29) is 39.5 Å². The summed E-state index contributed by atoms with van der Waals surface area (Å²) < 4.78 is 28.9. The SMILES string of the molecule is CNC(=O)[C@@H](Cc1ccccc1)N(Cc1ccccc1C)C(=O)CN(c1ccc(Cl)c(Cl)c1)S(=O)(=O)c1ccccc1. The van der Waals surface area contributed by atoms with Gasteiger partial charge in [0, 0.05) is 20.0 Å². The lowest BCUT2D eigenvalue weighted by molar-refractivity contribution is -0.139. The van der Waals surface area contributed by atoms with Gasteiger partial charge >= 0.3 is 0 Å². The van der Waals surface area contributed by atoms with Crippen molar-refractivity contribution >= 4 is 50.7 Å². The lowest BCUT2D eigenvalue weighted by Gasteiger charge is -2.34. The van der Waals surface area contributed by atoms with Crippen LogP contribution in [0.25, 0.3) is 0 Å². The molecule has 7 nitrogen and oxygen atoms in total. The van der Waals surface area contributed by atoms with Crippen LogP contribution in [0.1, 0.15) is 16.7 Å². The van der Waals surface area contributed by atoms with Gasteiger partial charge in [-0.3, -0.25) is 13.9 Å². The first-order chi connectivity index (χ1) is 20.1. The minimum atomic E-state index is -4.22. The summed E-state index contributed by atoms with van der Waals surface area (Å²) in [5.74, 6) is -0.929. The highest BCUT2D eigenvalue weighted by Crippen LogP contribution is 2.31. The van der Waals surface area contributed by atoms with Crippen LogP contribution in [0.4, 0.5) is 5.69 Å². The summed E-state index contributed by atoms with van der Waals surface area (Å²) in [6.07, 6.45) is 0.232. The zero-order chi connectivity index (χ0) is 30.3. The fourth-order valence-electron chi connectivity index (χ4n) is 4.58. The highest BCUT2D eigenvalue weighted by atomic mass is 35.5. The van der Waals surface area contributed by atoms with Gasteiger partial charge in [0.25, 0.3) is 10.0 Å². The third-order valence-electron chi connectivity index (χ3n) is 6.92. The largest absolute Gasteiger partial charge is 0.357 e. The fraction of sp³-hybridized carbons (Fsp3) is 0.188. The summed E-state index contributed by atoms with van der Waals surface area (Å²) in [6.45, 7) is 1.44. The lowest BCUT2D eigenvalue weighted by Crippen LogP contribution is -2.53. The smallest absolute Gasteiger partial charge is 0.264 e. The second-order valence-corrected chi connectivity index (χ2v) is 12.4. The Hall–Kier alpha value is -3.85. The lowest BCUT2D eigenvalue weighted by atomic mass is 10.0. The van der Waals surface area contributed by atoms with Crippen LogP contribution in [0.3, 0.4) is 0 Å². The maximum Gasteiger partial charge on any atom is 0.264 e. The molecule has 0 saturated heterocycles. The summed E-state index contributed by atoms with van der Waals surface area (Å²) in [5, 5.41) is 3.06. The summed E-state index contributed by atoms with van der Waals surface area (Å²) >= 11 is 12.4. The molecule has 0 heterocycles. The van der Waals surface area contributed by atoms with E-state index >= 15 is 0 Å². The number of nitrogens with zero attached hydrogens (tertiary/aromatic N) is 2. The summed E-state index contributed by atoms with van der Waals surface area (Å²) in [7, 11) is -2.71. The number of anilines is 1. The molecule has 0 radical (unpaired) electrons. The molecule has 0 aliphatic rings. The van der Waals surface area contributed by atoms with Crippen molar-refractivity contribution in [3.8, 4) is 0 Å². The Morgan fingerprint density at radius 1 is 0.833 bits per heavy atom. The number of halogens is 2. The molecular weight excluding hydrogens is 593 g/mol. The summed E-state index contributed by atoms with van der Waals surface area (Å²) in [4.78, 5) is 29.1. The van der Waals surface area contributed by atoms with Gasteiger partial charge in [-0.2, -0.15) is 0 Å². The predicted octanol–water partition coefficient (Wildman–Crippen LogP) is 5.88. The molecule has 4 aromatic rings. The zero-order valence-corrected chi connectivity index (χ0v) is 25.5. The van der Waals surface area contributed by atoms with Gasteiger partial charge in [-0.15, -0.1) is 0 Å². The Kier molecular flexibility index (Phi) is 10.3. The summed E-state index contributed by atoms with van der Waals surface area (Å²) in [5.41, 5.74) is 2.78. The molecule has 0 aliphatic carbocycles. The minimum absolute atomic E-state index is 0.00135. The van der Waals surface area contributed by atoms with Gasteiger partial charge in [0.1, 0.15) is 12.6 Å². The topological polar surface area (TPSA) is 86.8 Å². The van der Waals surface area contributed by atoms with Gasteiger partial charge in [-0.25, -0.2) is 8.42 Å². The third-order valence-corrected chi connectivity index (χ3v) is 9.45. The first-order valence-electron chi connectivity index (χ1n) is 13.2. The van der Waals surface area contributed by atoms with Crippen LogP contribution in [-0.4, -0.2) is 44.8 Å². The molecule has 0 unspecified atom stereocenters. The van der Waals surface area contributed by atoms with E-state index < -0.39 is 28.5 Å². The number of likely N-dealkylation sites (N-methyl/N-ethyl adjacent to an activating group) is 1. The molecule has 0 aromatic heterocycles. The van der Waals surface area contributed by atoms with E-state index in [0.29, 0.717) is 0 Å². The predicted molar refractivity (Wildman–Crippen MR) is 167 cm³/mol. The van der Waals surface area contributed by atoms with Crippen LogP contribution in [0, 0.1) is 6.92 Å². The van der Waals surface area contributed by atoms with Crippen LogP contribution in [0.15, 0.2) is 108 Å². The number of hydrogen-bond donors (Lipinski definition) is 1. The van der Waals surface area contributed by atoms with Gasteiger partial charge < -0.3 is 10.2 Å². The molecule has 4 rings (SSSR count). The van der Waals surface area contributed by atoms with Crippen LogP contribution in [0.5, 0.6) is 0 Å². The van der Waals surface area contributed by atoms with Crippen molar-refractivity contribution < 1.29 is 18.0 Å². The molecule has 4 aromatic carbocycles. The number of aryl methyl sites for hydroxylation is 1. The van der Waals surface area contributed by atoms with E-state index in [9.17, 15) is 18.0 Å². The first kappa shape index (κ1) is 31.1. The van der Waals surface area contributed by atoms with E-state index in [2.05, 4.69) is 5.32 Å². The average molecular weight is 625 g/mol. The van der Waals surface area contributed by atoms with Crippen molar-refractivity contribution in [3.63, 3.8) is 0 Å². The molecule has 1 N–H and O–H groups in total. The molecule has 0 aliphatic heterocycles. The van der Waals surface area contributed by atoms with E-state index in [1.807, 2.05) is 61.5 Å². The maximum atomic E-state index is 14.3. The number of amides is 2. The van der Waals surface area contributed by atoms with Crippen molar-refractivity contribution in [1.29, 1.82) is 0 Å². The highest BCUT2D eigenvalue weighted by Gasteiger charge is 2.34. The molecule has 1 atom stereocenters. The first-order valence-corrected chi connectivity index (χ1v) is 15.4. The molecule has 0 bridgehead atoms. The Morgan fingerprint density at radius 3 is 2.07 bits per heavy atom. The number of benzene rings is 4. The molecular formula is C32H31Cl2N3O4S. The molecule has 218 valence electrons. The van der Waals surface area contributed by atoms with E-state index in [0.717, 1.165) is 21.0 Å². The van der Waals surface area contributed by atoms with Crippen molar-refractivity contribution in [2.24, 2.45) is 0 Å². The number of carbonyl (C=O) groups excluding carboxylic acids is 2. The van der Waals surface area contributed by atoms with E-state index in [1.165, 1.54) is 42.3 Å². The standard InChI is InChI=1S/C32H31Cl2N3O4S/c1-23-11-9-10-14-25(23)21-36(30(32(39)35-2)19-24-12-5-3-6-13-24)31(38)22-37(26-17-18-28(33)29(34)20-26)42(40,41)27-15-7-4-8-16-27/h3-18,20,30H,19,21-22H2,1-2H3,(H,35,39)/t30-/m1/s1. The number of carbonyl (C=O) groups is 2. The number of nitrogens with one attached hydrogen (secondary N) is 1. The van der Waals surface area contributed by atoms with Gasteiger partial charge in [-0.05, 0) is 53.9 Å². The Balaban J connectivity index is 1.81. The maximum absolute atomic E-state index is 14.3. The number of rotatable bonds is 11. The monoisotopic (exact) mass is 623 g/mol. The number of hydrogen-bond acceptors (Lipinski definition) is 4. The van der Waals surface area contributed by atoms with E-state index in [4.69, 9.17) is 23.2 Å². The highest BCUT2D eigenvalue weighted by molar-refractivity contribution is 7.92. The minimum Gasteiger partial charge on any atom is -0.357 e. The average Bonchev–Trinajstić information content (AvgIpc) is 3.00. The van der Waals surface area contributed by atoms with Crippen molar-refractivity contribution in [3.05, 3.63) is 130 Å². The second-order valence-electron chi connectivity index (χ2n) is 9.69. The molecule has 10 heteroatoms. The van der Waals surface area contributed by atoms with Crippen molar-refractivity contribution in [1.82, 2.24) is 10.2 Å². The van der Waals surface area contributed by atoms with E-state index in [1.54, 1.807) is 18.2 Å². The van der Waals surface area contributed by atoms with Gasteiger partial charge in [0.2, 0.25) is 11.8 Å². The Bertz CT molecular complexity index is 1650. The van der Waals surface area contributed by atoms with Crippen LogP contribution < -0.4 is 9.62 Å². The molecule has 0 saturated carbocycles. The van der Waals surface area contributed by atoms with Crippen molar-refractivity contribution in [2.45, 2.75) is 30.8 Å². The summed E-state index contributed by atoms with van der Waals surface area (Å²) in [6, 6.07) is 28.2. The van der Waals surface area contributed by atoms with Crippen LogP contribution in [-0.2, 0) is 32.6 Å². The fourth-order valence-corrected chi connectivity index (χ4v) is 6.30. The Labute approximate surface area is 256 Å². The second kappa shape index (κ2) is 13.9. The van der Waals surface area contributed by atoms with Gasteiger partial charge in [-0.1, -0.05) is 96.0 Å².